The molecule has 2 N–H and O–H groups in total. The summed E-state index contributed by atoms with van der Waals surface area (Å²) in [5.41, 5.74) is 0.146. The number of rotatable bonds is 6. The summed E-state index contributed by atoms with van der Waals surface area (Å²) in [6.07, 6.45) is 0.198. The number of aliphatic carboxylic acids is 1. The molecule has 1 heterocycles. The number of carbonyl (C=O) groups excluding carboxylic acids is 1. The quantitative estimate of drug-likeness (QED) is 0.819. The van der Waals surface area contributed by atoms with Crippen LogP contribution in [-0.2, 0) is 9.53 Å². The normalized spacial score (nSPS) is 13.0. The second kappa shape index (κ2) is 6.76. The van der Waals surface area contributed by atoms with Crippen LogP contribution in [0.25, 0.3) is 0 Å². The van der Waals surface area contributed by atoms with Crippen molar-refractivity contribution in [2.45, 2.75) is 45.8 Å². The largest absolute Gasteiger partial charge is 0.480 e. The summed E-state index contributed by atoms with van der Waals surface area (Å²) in [5.74, 6) is -1.56. The van der Waals surface area contributed by atoms with Crippen molar-refractivity contribution >= 4 is 23.4 Å². The van der Waals surface area contributed by atoms with E-state index in [1.54, 1.807) is 6.92 Å². The monoisotopic (exact) mass is 301 g/mol. The second-order valence-electron chi connectivity index (χ2n) is 5.30. The third kappa shape index (κ3) is 5.22. The van der Waals surface area contributed by atoms with Gasteiger partial charge in [-0.05, 0) is 39.2 Å². The molecule has 1 atom stereocenters. The van der Waals surface area contributed by atoms with Crippen LogP contribution in [0, 0.1) is 6.92 Å². The number of nitrogens with zero attached hydrogens (tertiary/aromatic N) is 2. The van der Waals surface area contributed by atoms with Crippen LogP contribution in [-0.4, -0.2) is 44.8 Å². The Bertz CT molecular complexity index is 481. The summed E-state index contributed by atoms with van der Waals surface area (Å²) in [5, 5.41) is 15.3. The van der Waals surface area contributed by atoms with Gasteiger partial charge in [-0.25, -0.2) is 4.79 Å². The van der Waals surface area contributed by atoms with Gasteiger partial charge < -0.3 is 15.2 Å². The number of hydrogen-bond acceptors (Lipinski definition) is 6. The van der Waals surface area contributed by atoms with Crippen LogP contribution in [0.4, 0.5) is 0 Å². The molecule has 0 aliphatic rings. The molecule has 1 aromatic rings. The number of nitrogens with one attached hydrogen (secondary N) is 1. The van der Waals surface area contributed by atoms with Gasteiger partial charge in [-0.2, -0.15) is 0 Å². The Hall–Kier alpha value is -1.54. The molecule has 112 valence electrons. The van der Waals surface area contributed by atoms with E-state index in [9.17, 15) is 9.59 Å². The Morgan fingerprint density at radius 1 is 1.45 bits per heavy atom. The van der Waals surface area contributed by atoms with E-state index in [0.29, 0.717) is 10.6 Å². The van der Waals surface area contributed by atoms with Crippen molar-refractivity contribution < 1.29 is 19.4 Å². The maximum Gasteiger partial charge on any atom is 0.326 e. The molecule has 1 aromatic heterocycles. The number of hydrogen-bond donors (Lipinski definition) is 2. The lowest BCUT2D eigenvalue weighted by molar-refractivity contribution is -0.140. The SMILES string of the molecule is Cc1nnsc1C(=O)NC(CCOC(C)(C)C)C(=O)O. The van der Waals surface area contributed by atoms with E-state index in [1.165, 1.54) is 0 Å². The summed E-state index contributed by atoms with van der Waals surface area (Å²) in [6, 6.07) is -0.994. The fraction of sp³-hybridized carbons (Fsp3) is 0.667. The lowest BCUT2D eigenvalue weighted by Gasteiger charge is -2.21. The molecule has 0 aromatic carbocycles. The summed E-state index contributed by atoms with van der Waals surface area (Å²) >= 11 is 0.942. The minimum absolute atomic E-state index is 0.198. The van der Waals surface area contributed by atoms with Gasteiger partial charge in [-0.15, -0.1) is 5.10 Å². The molecule has 0 radical (unpaired) electrons. The minimum atomic E-state index is -1.09. The Morgan fingerprint density at radius 2 is 2.10 bits per heavy atom. The molecule has 0 aliphatic carbocycles. The fourth-order valence-corrected chi connectivity index (χ4v) is 1.96. The first-order valence-corrected chi connectivity index (χ1v) is 6.94. The molecule has 1 amide bonds. The Kier molecular flexibility index (Phi) is 5.58. The van der Waals surface area contributed by atoms with E-state index in [-0.39, 0.29) is 18.6 Å². The predicted octanol–water partition coefficient (Wildman–Crippen LogP) is 1.23. The number of carbonyl (C=O) groups is 2. The highest BCUT2D eigenvalue weighted by Crippen LogP contribution is 2.11. The topological polar surface area (TPSA) is 101 Å². The van der Waals surface area contributed by atoms with Crippen LogP contribution in [0.5, 0.6) is 0 Å². The molecular weight excluding hydrogens is 282 g/mol. The molecule has 0 saturated heterocycles. The summed E-state index contributed by atoms with van der Waals surface area (Å²) < 4.78 is 9.12. The molecular formula is C12H19N3O4S. The van der Waals surface area contributed by atoms with Crippen molar-refractivity contribution in [2.75, 3.05) is 6.61 Å². The van der Waals surface area contributed by atoms with Gasteiger partial charge in [-0.3, -0.25) is 4.79 Å². The van der Waals surface area contributed by atoms with E-state index in [2.05, 4.69) is 14.9 Å². The zero-order valence-corrected chi connectivity index (χ0v) is 12.8. The molecule has 20 heavy (non-hydrogen) atoms. The second-order valence-corrected chi connectivity index (χ2v) is 6.06. The number of amides is 1. The summed E-state index contributed by atoms with van der Waals surface area (Å²) in [7, 11) is 0. The zero-order chi connectivity index (χ0) is 15.3. The van der Waals surface area contributed by atoms with Crippen LogP contribution < -0.4 is 5.32 Å². The molecule has 0 bridgehead atoms. The highest BCUT2D eigenvalue weighted by molar-refractivity contribution is 7.08. The summed E-state index contributed by atoms with van der Waals surface area (Å²) in [4.78, 5) is 23.4. The van der Waals surface area contributed by atoms with Crippen LogP contribution in [0.1, 0.15) is 42.6 Å². The average molecular weight is 301 g/mol. The lowest BCUT2D eigenvalue weighted by atomic mass is 10.1. The molecule has 0 saturated carbocycles. The predicted molar refractivity (Wildman–Crippen MR) is 73.9 cm³/mol. The van der Waals surface area contributed by atoms with Gasteiger partial charge in [0.15, 0.2) is 0 Å². The van der Waals surface area contributed by atoms with Crippen LogP contribution >= 0.6 is 11.5 Å². The van der Waals surface area contributed by atoms with Gasteiger partial charge in [0.05, 0.1) is 11.3 Å². The average Bonchev–Trinajstić information content (AvgIpc) is 2.72. The van der Waals surface area contributed by atoms with E-state index >= 15 is 0 Å². The Balaban J connectivity index is 2.58. The van der Waals surface area contributed by atoms with E-state index in [1.807, 2.05) is 20.8 Å². The third-order valence-electron chi connectivity index (χ3n) is 2.40. The van der Waals surface area contributed by atoms with Crippen molar-refractivity contribution in [3.8, 4) is 0 Å². The van der Waals surface area contributed by atoms with Gasteiger partial charge >= 0.3 is 5.97 Å². The lowest BCUT2D eigenvalue weighted by Crippen LogP contribution is -2.42. The maximum absolute atomic E-state index is 11.9. The van der Waals surface area contributed by atoms with Crippen molar-refractivity contribution in [1.82, 2.24) is 14.9 Å². The van der Waals surface area contributed by atoms with Crippen LogP contribution in [0.3, 0.4) is 0 Å². The van der Waals surface area contributed by atoms with Gasteiger partial charge in [0.25, 0.3) is 5.91 Å². The van der Waals surface area contributed by atoms with Crippen molar-refractivity contribution in [3.63, 3.8) is 0 Å². The zero-order valence-electron chi connectivity index (χ0n) is 12.0. The minimum Gasteiger partial charge on any atom is -0.480 e. The summed E-state index contributed by atoms with van der Waals surface area (Å²) in [6.45, 7) is 7.55. The molecule has 0 aliphatic heterocycles. The van der Waals surface area contributed by atoms with Gasteiger partial charge in [0, 0.05) is 13.0 Å². The molecule has 0 fully saturated rings. The first-order chi connectivity index (χ1) is 9.20. The molecule has 0 spiro atoms. The highest BCUT2D eigenvalue weighted by atomic mass is 32.1. The van der Waals surface area contributed by atoms with E-state index < -0.39 is 17.9 Å². The van der Waals surface area contributed by atoms with Crippen molar-refractivity contribution in [3.05, 3.63) is 10.6 Å². The number of carboxylic acid groups (broad SMARTS) is 1. The number of carboxylic acids is 1. The Labute approximate surface area is 121 Å². The number of ether oxygens (including phenoxy) is 1. The van der Waals surface area contributed by atoms with Gasteiger partial charge in [0.1, 0.15) is 10.9 Å². The maximum atomic E-state index is 11.9. The van der Waals surface area contributed by atoms with Crippen molar-refractivity contribution in [2.24, 2.45) is 0 Å². The van der Waals surface area contributed by atoms with Gasteiger partial charge in [-0.1, -0.05) is 4.49 Å². The fourth-order valence-electron chi connectivity index (χ4n) is 1.40. The number of aryl methyl sites for hydroxylation is 1. The smallest absolute Gasteiger partial charge is 0.326 e. The standard InChI is InChI=1S/C12H19N3O4S/c1-7-9(20-15-14-7)10(16)13-8(11(17)18)5-6-19-12(2,3)4/h8H,5-6H2,1-4H3,(H,13,16)(H,17,18). The first kappa shape index (κ1) is 16.5. The molecule has 7 nitrogen and oxygen atoms in total. The van der Waals surface area contributed by atoms with Crippen LogP contribution in [0.2, 0.25) is 0 Å². The molecule has 1 unspecified atom stereocenters. The van der Waals surface area contributed by atoms with E-state index in [4.69, 9.17) is 9.84 Å². The molecule has 1 rings (SSSR count). The van der Waals surface area contributed by atoms with Crippen LogP contribution in [0.15, 0.2) is 0 Å². The molecule has 8 heteroatoms. The third-order valence-corrected chi connectivity index (χ3v) is 3.23. The van der Waals surface area contributed by atoms with Gasteiger partial charge in [0.2, 0.25) is 0 Å². The first-order valence-electron chi connectivity index (χ1n) is 6.17. The Morgan fingerprint density at radius 3 is 2.55 bits per heavy atom. The van der Waals surface area contributed by atoms with Crippen molar-refractivity contribution in [1.29, 1.82) is 0 Å². The van der Waals surface area contributed by atoms with E-state index in [0.717, 1.165) is 11.5 Å². The highest BCUT2D eigenvalue weighted by Gasteiger charge is 2.23. The number of aromatic nitrogens is 2.